The molecule has 0 aliphatic carbocycles. The van der Waals surface area contributed by atoms with E-state index in [-0.39, 0.29) is 0 Å². The number of carbonyl (C=O) groups is 1. The van der Waals surface area contributed by atoms with Gasteiger partial charge in [0.2, 0.25) is 0 Å². The second-order valence-corrected chi connectivity index (χ2v) is 2.62. The fourth-order valence-corrected chi connectivity index (χ4v) is 0.952. The summed E-state index contributed by atoms with van der Waals surface area (Å²) in [5, 5.41) is 9.74. The van der Waals surface area contributed by atoms with E-state index in [2.05, 4.69) is 4.74 Å². The van der Waals surface area contributed by atoms with Crippen LogP contribution in [0.1, 0.15) is 5.56 Å². The molecule has 13 heavy (non-hydrogen) atoms. The summed E-state index contributed by atoms with van der Waals surface area (Å²) < 4.78 is 4.34. The Labute approximate surface area is 76.3 Å². The third-order valence-corrected chi connectivity index (χ3v) is 1.59. The number of hydroxylamine groups is 1. The van der Waals surface area contributed by atoms with Gasteiger partial charge in [0.1, 0.15) is 0 Å². The van der Waals surface area contributed by atoms with Gasteiger partial charge >= 0.3 is 6.09 Å². The normalized spacial score (nSPS) is 9.46. The summed E-state index contributed by atoms with van der Waals surface area (Å²) in [4.78, 5) is 10.9. The van der Waals surface area contributed by atoms with E-state index >= 15 is 0 Å². The molecular weight excluding hydrogens is 170 g/mol. The van der Waals surface area contributed by atoms with Gasteiger partial charge in [0, 0.05) is 0 Å². The minimum Gasteiger partial charge on any atom is -0.451 e. The van der Waals surface area contributed by atoms with E-state index in [0.29, 0.717) is 10.8 Å². The van der Waals surface area contributed by atoms with Crippen molar-refractivity contribution in [2.45, 2.75) is 6.92 Å². The minimum absolute atomic E-state index is 0.395. The molecule has 0 heterocycles. The molecule has 1 N–H and O–H groups in total. The Kier molecular flexibility index (Phi) is 2.87. The maximum Gasteiger partial charge on any atom is 0.438 e. The summed E-state index contributed by atoms with van der Waals surface area (Å²) >= 11 is 0. The molecule has 1 aromatic carbocycles. The first-order valence-corrected chi connectivity index (χ1v) is 3.79. The van der Waals surface area contributed by atoms with Crippen molar-refractivity contribution < 1.29 is 14.7 Å². The van der Waals surface area contributed by atoms with Gasteiger partial charge in [-0.15, -0.1) is 0 Å². The van der Waals surface area contributed by atoms with Crippen LogP contribution in [0.4, 0.5) is 10.5 Å². The van der Waals surface area contributed by atoms with E-state index in [4.69, 9.17) is 0 Å². The first-order chi connectivity index (χ1) is 6.15. The third-order valence-electron chi connectivity index (χ3n) is 1.59. The Hall–Kier alpha value is -1.55. The molecule has 0 atom stereocenters. The van der Waals surface area contributed by atoms with Crippen LogP contribution in [-0.2, 0) is 4.74 Å². The maximum absolute atomic E-state index is 10.9. The molecule has 0 bridgehead atoms. The van der Waals surface area contributed by atoms with Crippen LogP contribution in [0.25, 0.3) is 0 Å². The van der Waals surface area contributed by atoms with Gasteiger partial charge in [0.25, 0.3) is 0 Å². The van der Waals surface area contributed by atoms with E-state index < -0.39 is 6.09 Å². The molecule has 1 aromatic rings. The Balaban J connectivity index is 2.88. The fraction of sp³-hybridized carbons (Fsp3) is 0.222. The lowest BCUT2D eigenvalue weighted by Gasteiger charge is -2.13. The molecular formula is C9H11NO3. The Morgan fingerprint density at radius 2 is 2.23 bits per heavy atom. The van der Waals surface area contributed by atoms with E-state index in [1.165, 1.54) is 7.11 Å². The average Bonchev–Trinajstić information content (AvgIpc) is 2.15. The Bertz CT molecular complexity index is 311. The second kappa shape index (κ2) is 3.91. The fourth-order valence-electron chi connectivity index (χ4n) is 0.952. The van der Waals surface area contributed by atoms with Crippen molar-refractivity contribution in [1.82, 2.24) is 0 Å². The largest absolute Gasteiger partial charge is 0.451 e. The summed E-state index contributed by atoms with van der Waals surface area (Å²) in [5.41, 5.74) is 1.35. The van der Waals surface area contributed by atoms with Gasteiger partial charge in [-0.05, 0) is 24.6 Å². The molecule has 0 saturated carbocycles. The monoisotopic (exact) mass is 181 g/mol. The zero-order chi connectivity index (χ0) is 9.84. The Morgan fingerprint density at radius 1 is 1.54 bits per heavy atom. The van der Waals surface area contributed by atoms with Crippen LogP contribution < -0.4 is 5.06 Å². The van der Waals surface area contributed by atoms with Crippen molar-refractivity contribution in [3.8, 4) is 0 Å². The number of nitrogens with zero attached hydrogens (tertiary/aromatic N) is 1. The van der Waals surface area contributed by atoms with Gasteiger partial charge in [0.15, 0.2) is 0 Å². The number of anilines is 1. The molecule has 0 aromatic heterocycles. The van der Waals surface area contributed by atoms with Gasteiger partial charge in [-0.3, -0.25) is 5.21 Å². The number of aryl methyl sites for hydroxylation is 1. The lowest BCUT2D eigenvalue weighted by Crippen LogP contribution is -2.26. The number of benzene rings is 1. The van der Waals surface area contributed by atoms with Crippen LogP contribution >= 0.6 is 0 Å². The predicted octanol–water partition coefficient (Wildman–Crippen LogP) is 1.96. The highest BCUT2D eigenvalue weighted by molar-refractivity contribution is 5.84. The van der Waals surface area contributed by atoms with Crippen LogP contribution in [0.15, 0.2) is 24.3 Å². The highest BCUT2D eigenvalue weighted by Gasteiger charge is 2.12. The number of amides is 1. The van der Waals surface area contributed by atoms with Gasteiger partial charge < -0.3 is 4.74 Å². The van der Waals surface area contributed by atoms with Crippen LogP contribution in [0.3, 0.4) is 0 Å². The Morgan fingerprint density at radius 3 is 2.77 bits per heavy atom. The van der Waals surface area contributed by atoms with Gasteiger partial charge in [0.05, 0.1) is 12.8 Å². The predicted molar refractivity (Wildman–Crippen MR) is 47.8 cm³/mol. The number of methoxy groups -OCH3 is 1. The molecule has 4 heteroatoms. The van der Waals surface area contributed by atoms with Gasteiger partial charge in [-0.1, -0.05) is 12.1 Å². The van der Waals surface area contributed by atoms with Crippen molar-refractivity contribution in [3.05, 3.63) is 29.8 Å². The van der Waals surface area contributed by atoms with Gasteiger partial charge in [-0.2, -0.15) is 5.06 Å². The van der Waals surface area contributed by atoms with Crippen molar-refractivity contribution in [1.29, 1.82) is 0 Å². The summed E-state index contributed by atoms with van der Waals surface area (Å²) in [6, 6.07) is 6.91. The van der Waals surface area contributed by atoms with E-state index in [9.17, 15) is 10.0 Å². The number of hydrogen-bond donors (Lipinski definition) is 1. The number of rotatable bonds is 1. The molecule has 1 amide bonds. The standard InChI is InChI=1S/C9H11NO3/c1-7-4-3-5-8(6-7)10(12)9(11)13-2/h3-6,12H,1-2H3. The second-order valence-electron chi connectivity index (χ2n) is 2.62. The van der Waals surface area contributed by atoms with Crippen LogP contribution in [-0.4, -0.2) is 18.4 Å². The maximum atomic E-state index is 10.9. The number of carbonyl (C=O) groups excluding carboxylic acids is 1. The number of ether oxygens (including phenoxy) is 1. The number of hydrogen-bond acceptors (Lipinski definition) is 3. The van der Waals surface area contributed by atoms with Gasteiger partial charge in [-0.25, -0.2) is 4.79 Å². The van der Waals surface area contributed by atoms with E-state index in [1.807, 2.05) is 13.0 Å². The van der Waals surface area contributed by atoms with Crippen molar-refractivity contribution in [2.24, 2.45) is 0 Å². The summed E-state index contributed by atoms with van der Waals surface area (Å²) in [6.07, 6.45) is -0.800. The highest BCUT2D eigenvalue weighted by atomic mass is 16.6. The van der Waals surface area contributed by atoms with Crippen molar-refractivity contribution in [2.75, 3.05) is 12.2 Å². The molecule has 0 saturated heterocycles. The summed E-state index contributed by atoms with van der Waals surface area (Å²) in [7, 11) is 1.21. The van der Waals surface area contributed by atoms with E-state index in [0.717, 1.165) is 5.56 Å². The van der Waals surface area contributed by atoms with Crippen molar-refractivity contribution >= 4 is 11.8 Å². The lowest BCUT2D eigenvalue weighted by atomic mass is 10.2. The van der Waals surface area contributed by atoms with Crippen LogP contribution in [0.5, 0.6) is 0 Å². The SMILES string of the molecule is COC(=O)N(O)c1cccc(C)c1. The van der Waals surface area contributed by atoms with Crippen molar-refractivity contribution in [3.63, 3.8) is 0 Å². The molecule has 0 spiro atoms. The molecule has 0 aliphatic rings. The molecule has 0 radical (unpaired) electrons. The van der Waals surface area contributed by atoms with E-state index in [1.54, 1.807) is 18.2 Å². The third kappa shape index (κ3) is 2.19. The average molecular weight is 181 g/mol. The van der Waals surface area contributed by atoms with Crippen LogP contribution in [0.2, 0.25) is 0 Å². The molecule has 70 valence electrons. The first-order valence-electron chi connectivity index (χ1n) is 3.79. The first kappa shape index (κ1) is 9.54. The van der Waals surface area contributed by atoms with Crippen LogP contribution in [0, 0.1) is 6.92 Å². The molecule has 1 rings (SSSR count). The zero-order valence-electron chi connectivity index (χ0n) is 7.52. The lowest BCUT2D eigenvalue weighted by molar-refractivity contribution is 0.141. The molecule has 0 unspecified atom stereocenters. The topological polar surface area (TPSA) is 49.8 Å². The molecule has 4 nitrogen and oxygen atoms in total. The minimum atomic E-state index is -0.800. The smallest absolute Gasteiger partial charge is 0.438 e. The molecule has 0 fully saturated rings. The quantitative estimate of drug-likeness (QED) is 0.532. The zero-order valence-corrected chi connectivity index (χ0v) is 7.52. The molecule has 0 aliphatic heterocycles. The highest BCUT2D eigenvalue weighted by Crippen LogP contribution is 2.14. The summed E-state index contributed by atoms with van der Waals surface area (Å²) in [6.45, 7) is 1.87. The summed E-state index contributed by atoms with van der Waals surface area (Å²) in [5.74, 6) is 0.